The van der Waals surface area contributed by atoms with E-state index < -0.39 is 10.0 Å². The fraction of sp³-hybridized carbons (Fsp3) is 0.588. The molecular weight excluding hydrogens is 326 g/mol. The Bertz CT molecular complexity index is 697. The van der Waals surface area contributed by atoms with E-state index >= 15 is 0 Å². The minimum atomic E-state index is -3.20. The molecular formula is C17H25N3O3S. The average Bonchev–Trinajstić information content (AvgIpc) is 2.86. The largest absolute Gasteiger partial charge is 0.382 e. The Kier molecular flexibility index (Phi) is 5.10. The summed E-state index contributed by atoms with van der Waals surface area (Å²) in [4.78, 5) is 14.1. The van der Waals surface area contributed by atoms with Gasteiger partial charge < -0.3 is 10.2 Å². The molecule has 1 aromatic carbocycles. The lowest BCUT2D eigenvalue weighted by atomic mass is 10.0. The van der Waals surface area contributed by atoms with E-state index in [4.69, 9.17) is 0 Å². The molecule has 0 radical (unpaired) electrons. The van der Waals surface area contributed by atoms with Gasteiger partial charge in [-0.25, -0.2) is 8.42 Å². The number of carbonyl (C=O) groups excluding carboxylic acids is 1. The molecule has 3 rings (SSSR count). The molecule has 2 saturated heterocycles. The number of hydrogen-bond donors (Lipinski definition) is 1. The molecule has 24 heavy (non-hydrogen) atoms. The van der Waals surface area contributed by atoms with Gasteiger partial charge in [-0.1, -0.05) is 12.1 Å². The van der Waals surface area contributed by atoms with Gasteiger partial charge in [0.1, 0.15) is 0 Å². The van der Waals surface area contributed by atoms with E-state index in [-0.39, 0.29) is 18.2 Å². The van der Waals surface area contributed by atoms with Crippen molar-refractivity contribution in [2.45, 2.75) is 32.2 Å². The van der Waals surface area contributed by atoms with Crippen LogP contribution in [0.15, 0.2) is 24.3 Å². The minimum Gasteiger partial charge on any atom is -0.382 e. The zero-order valence-corrected chi connectivity index (χ0v) is 14.9. The average molecular weight is 351 g/mol. The molecule has 1 amide bonds. The third-order valence-corrected chi connectivity index (χ3v) is 6.65. The molecule has 0 atom stereocenters. The summed E-state index contributed by atoms with van der Waals surface area (Å²) in [5.41, 5.74) is 2.34. The number of likely N-dealkylation sites (tertiary alicyclic amines) is 1. The molecule has 132 valence electrons. The highest BCUT2D eigenvalue weighted by molar-refractivity contribution is 7.89. The fourth-order valence-corrected chi connectivity index (χ4v) is 4.83. The first-order valence-electron chi connectivity index (χ1n) is 8.53. The van der Waals surface area contributed by atoms with Crippen LogP contribution < -0.4 is 5.32 Å². The van der Waals surface area contributed by atoms with Crippen molar-refractivity contribution in [3.63, 3.8) is 0 Å². The molecule has 2 heterocycles. The summed E-state index contributed by atoms with van der Waals surface area (Å²) in [6.07, 6.45) is 2.39. The number of hydrogen-bond acceptors (Lipinski definition) is 4. The zero-order valence-electron chi connectivity index (χ0n) is 14.1. The number of piperidine rings is 1. The molecule has 0 saturated carbocycles. The Hall–Kier alpha value is -1.60. The maximum absolute atomic E-state index is 12.4. The van der Waals surface area contributed by atoms with E-state index in [1.54, 1.807) is 4.90 Å². The maximum Gasteiger partial charge on any atom is 0.237 e. The van der Waals surface area contributed by atoms with Gasteiger partial charge in [0.2, 0.25) is 15.9 Å². The number of amides is 1. The van der Waals surface area contributed by atoms with Crippen molar-refractivity contribution in [3.05, 3.63) is 29.8 Å². The van der Waals surface area contributed by atoms with Gasteiger partial charge in [-0.3, -0.25) is 4.79 Å². The molecule has 0 bridgehead atoms. The Balaban J connectivity index is 1.49. The third kappa shape index (κ3) is 4.08. The lowest BCUT2D eigenvalue weighted by molar-refractivity contribution is -0.132. The van der Waals surface area contributed by atoms with Crippen LogP contribution in [0.2, 0.25) is 0 Å². The number of benzene rings is 1. The maximum atomic E-state index is 12.4. The second kappa shape index (κ2) is 7.11. The molecule has 0 aromatic heterocycles. The van der Waals surface area contributed by atoms with Crippen LogP contribution in [-0.2, 0) is 14.8 Å². The standard InChI is InChI=1S/C17H25N3O3S/c1-14-4-2-5-16(12-14)18-15-6-9-19(10-7-15)17(21)13-20-8-3-11-24(20,22)23/h2,4-5,12,15,18H,3,6-11,13H2,1H3. The minimum absolute atomic E-state index is 0.00168. The van der Waals surface area contributed by atoms with Gasteiger partial charge in [0.15, 0.2) is 0 Å². The Morgan fingerprint density at radius 2 is 2.00 bits per heavy atom. The summed E-state index contributed by atoms with van der Waals surface area (Å²) < 4.78 is 24.9. The van der Waals surface area contributed by atoms with Crippen LogP contribution in [0.5, 0.6) is 0 Å². The molecule has 0 unspecified atom stereocenters. The molecule has 6 nitrogen and oxygen atoms in total. The molecule has 0 aliphatic carbocycles. The van der Waals surface area contributed by atoms with Gasteiger partial charge in [0.25, 0.3) is 0 Å². The Morgan fingerprint density at radius 3 is 2.62 bits per heavy atom. The molecule has 1 aromatic rings. The van der Waals surface area contributed by atoms with Crippen LogP contribution in [0.3, 0.4) is 0 Å². The quantitative estimate of drug-likeness (QED) is 0.891. The van der Waals surface area contributed by atoms with Crippen molar-refractivity contribution in [2.75, 3.05) is 37.2 Å². The number of rotatable bonds is 4. The summed E-state index contributed by atoms with van der Waals surface area (Å²) in [7, 11) is -3.20. The van der Waals surface area contributed by atoms with Gasteiger partial charge in [-0.05, 0) is 43.9 Å². The highest BCUT2D eigenvalue weighted by atomic mass is 32.2. The first-order valence-corrected chi connectivity index (χ1v) is 10.1. The zero-order chi connectivity index (χ0) is 17.2. The topological polar surface area (TPSA) is 69.7 Å². The molecule has 1 N–H and O–H groups in total. The van der Waals surface area contributed by atoms with Gasteiger partial charge in [0.05, 0.1) is 12.3 Å². The second-order valence-corrected chi connectivity index (χ2v) is 8.76. The first kappa shape index (κ1) is 17.2. The Morgan fingerprint density at radius 1 is 1.25 bits per heavy atom. The van der Waals surface area contributed by atoms with E-state index in [0.29, 0.717) is 32.1 Å². The summed E-state index contributed by atoms with van der Waals surface area (Å²) in [5.74, 6) is 0.0949. The lowest BCUT2D eigenvalue weighted by Gasteiger charge is -2.33. The van der Waals surface area contributed by atoms with E-state index in [0.717, 1.165) is 18.5 Å². The third-order valence-electron chi connectivity index (χ3n) is 4.75. The summed E-state index contributed by atoms with van der Waals surface area (Å²) >= 11 is 0. The van der Waals surface area contributed by atoms with Crippen molar-refractivity contribution in [1.29, 1.82) is 0 Å². The molecule has 2 aliphatic heterocycles. The summed E-state index contributed by atoms with van der Waals surface area (Å²) in [6.45, 7) is 3.89. The summed E-state index contributed by atoms with van der Waals surface area (Å²) in [6, 6.07) is 8.64. The van der Waals surface area contributed by atoms with E-state index in [1.165, 1.54) is 9.87 Å². The number of sulfonamides is 1. The van der Waals surface area contributed by atoms with Crippen LogP contribution in [0.4, 0.5) is 5.69 Å². The highest BCUT2D eigenvalue weighted by Crippen LogP contribution is 2.19. The van der Waals surface area contributed by atoms with Gasteiger partial charge in [0, 0.05) is 31.4 Å². The van der Waals surface area contributed by atoms with Crippen molar-refractivity contribution in [1.82, 2.24) is 9.21 Å². The highest BCUT2D eigenvalue weighted by Gasteiger charge is 2.32. The molecule has 2 aliphatic rings. The van der Waals surface area contributed by atoms with Gasteiger partial charge >= 0.3 is 0 Å². The lowest BCUT2D eigenvalue weighted by Crippen LogP contribution is -2.46. The number of carbonyl (C=O) groups is 1. The van der Waals surface area contributed by atoms with Crippen LogP contribution in [0.1, 0.15) is 24.8 Å². The molecule has 0 spiro atoms. The van der Waals surface area contributed by atoms with Crippen LogP contribution >= 0.6 is 0 Å². The summed E-state index contributed by atoms with van der Waals surface area (Å²) in [5, 5.41) is 3.52. The number of nitrogens with zero attached hydrogens (tertiary/aromatic N) is 2. The number of nitrogens with one attached hydrogen (secondary N) is 1. The van der Waals surface area contributed by atoms with Gasteiger partial charge in [-0.2, -0.15) is 4.31 Å². The first-order chi connectivity index (χ1) is 11.4. The predicted octanol–water partition coefficient (Wildman–Crippen LogP) is 1.43. The Labute approximate surface area is 143 Å². The SMILES string of the molecule is Cc1cccc(NC2CCN(C(=O)CN3CCCS3(=O)=O)CC2)c1. The number of anilines is 1. The van der Waals surface area contributed by atoms with Crippen molar-refractivity contribution in [2.24, 2.45) is 0 Å². The fourth-order valence-electron chi connectivity index (χ4n) is 3.36. The van der Waals surface area contributed by atoms with Crippen LogP contribution in [0, 0.1) is 6.92 Å². The van der Waals surface area contributed by atoms with E-state index in [1.807, 2.05) is 6.07 Å². The van der Waals surface area contributed by atoms with Crippen LogP contribution in [-0.4, -0.2) is 61.5 Å². The monoisotopic (exact) mass is 351 g/mol. The number of aryl methyl sites for hydroxylation is 1. The molecule has 7 heteroatoms. The van der Waals surface area contributed by atoms with Gasteiger partial charge in [-0.15, -0.1) is 0 Å². The predicted molar refractivity (Wildman–Crippen MR) is 94.4 cm³/mol. The van der Waals surface area contributed by atoms with E-state index in [2.05, 4.69) is 30.4 Å². The van der Waals surface area contributed by atoms with Crippen molar-refractivity contribution >= 4 is 21.6 Å². The van der Waals surface area contributed by atoms with Crippen molar-refractivity contribution in [3.8, 4) is 0 Å². The van der Waals surface area contributed by atoms with Crippen LogP contribution in [0.25, 0.3) is 0 Å². The van der Waals surface area contributed by atoms with E-state index in [9.17, 15) is 13.2 Å². The second-order valence-electron chi connectivity index (χ2n) is 6.67. The van der Waals surface area contributed by atoms with Crippen molar-refractivity contribution < 1.29 is 13.2 Å². The normalized spacial score (nSPS) is 21.8. The smallest absolute Gasteiger partial charge is 0.237 e. The molecule has 2 fully saturated rings.